The number of methoxy groups -OCH3 is 1. The largest absolute Gasteiger partial charge is 0.496 e. The molecule has 0 spiro atoms. The number of ether oxygens (including phenoxy) is 2. The van der Waals surface area contributed by atoms with Crippen LogP contribution < -0.4 is 14.8 Å². The van der Waals surface area contributed by atoms with Gasteiger partial charge in [0.15, 0.2) is 0 Å². The summed E-state index contributed by atoms with van der Waals surface area (Å²) in [6.07, 6.45) is 0. The van der Waals surface area contributed by atoms with Gasteiger partial charge in [-0.25, -0.2) is 0 Å². The molecule has 0 fully saturated rings. The Morgan fingerprint density at radius 3 is 2.45 bits per heavy atom. The molecule has 106 valence electrons. The molecule has 0 saturated heterocycles. The van der Waals surface area contributed by atoms with Crippen LogP contribution in [0.1, 0.15) is 18.5 Å². The van der Waals surface area contributed by atoms with Crippen molar-refractivity contribution in [1.82, 2.24) is 5.32 Å². The van der Waals surface area contributed by atoms with E-state index in [-0.39, 0.29) is 6.04 Å². The maximum absolute atomic E-state index is 5.66. The average molecular weight is 271 g/mol. The van der Waals surface area contributed by atoms with Crippen molar-refractivity contribution in [3.63, 3.8) is 0 Å². The molecule has 0 aliphatic heterocycles. The molecule has 0 aliphatic rings. The van der Waals surface area contributed by atoms with Crippen LogP contribution in [0.2, 0.25) is 0 Å². The zero-order chi connectivity index (χ0) is 14.2. The fourth-order valence-corrected chi connectivity index (χ4v) is 2.10. The van der Waals surface area contributed by atoms with Crippen molar-refractivity contribution in [2.45, 2.75) is 13.0 Å². The van der Waals surface area contributed by atoms with Crippen LogP contribution in [0, 0.1) is 0 Å². The molecular weight excluding hydrogens is 250 g/mol. The second kappa shape index (κ2) is 7.56. The summed E-state index contributed by atoms with van der Waals surface area (Å²) in [6, 6.07) is 18.1. The fourth-order valence-electron chi connectivity index (χ4n) is 2.10. The molecule has 0 saturated carbocycles. The molecule has 0 radical (unpaired) electrons. The zero-order valence-electron chi connectivity index (χ0n) is 12.0. The highest BCUT2D eigenvalue weighted by molar-refractivity contribution is 5.35. The molecule has 0 aromatic heterocycles. The normalized spacial score (nSPS) is 11.9. The molecule has 0 aliphatic carbocycles. The first-order chi connectivity index (χ1) is 9.81. The molecular formula is C17H21NO2. The summed E-state index contributed by atoms with van der Waals surface area (Å²) in [4.78, 5) is 0. The van der Waals surface area contributed by atoms with Crippen LogP contribution in [0.15, 0.2) is 54.6 Å². The molecule has 3 nitrogen and oxygen atoms in total. The lowest BCUT2D eigenvalue weighted by atomic mass is 10.1. The molecule has 1 atom stereocenters. The number of hydrogen-bond acceptors (Lipinski definition) is 3. The van der Waals surface area contributed by atoms with Crippen LogP contribution in [0.25, 0.3) is 0 Å². The minimum absolute atomic E-state index is 0.227. The molecule has 0 heterocycles. The van der Waals surface area contributed by atoms with Gasteiger partial charge >= 0.3 is 0 Å². The van der Waals surface area contributed by atoms with E-state index in [2.05, 4.69) is 18.3 Å². The van der Waals surface area contributed by atoms with Crippen molar-refractivity contribution >= 4 is 0 Å². The van der Waals surface area contributed by atoms with Crippen LogP contribution in [0.5, 0.6) is 11.5 Å². The molecule has 20 heavy (non-hydrogen) atoms. The Morgan fingerprint density at radius 1 is 1.00 bits per heavy atom. The van der Waals surface area contributed by atoms with Crippen LogP contribution in [0.3, 0.4) is 0 Å². The first-order valence-electron chi connectivity index (χ1n) is 6.85. The van der Waals surface area contributed by atoms with Crippen molar-refractivity contribution < 1.29 is 9.47 Å². The lowest BCUT2D eigenvalue weighted by molar-refractivity contribution is 0.306. The third kappa shape index (κ3) is 4.00. The molecule has 0 amide bonds. The monoisotopic (exact) mass is 271 g/mol. The molecule has 2 rings (SSSR count). The van der Waals surface area contributed by atoms with E-state index in [0.717, 1.165) is 23.6 Å². The van der Waals surface area contributed by atoms with E-state index in [1.54, 1.807) is 7.11 Å². The molecule has 1 N–H and O–H groups in total. The van der Waals surface area contributed by atoms with Gasteiger partial charge in [0.05, 0.1) is 7.11 Å². The lowest BCUT2D eigenvalue weighted by Crippen LogP contribution is -2.24. The van der Waals surface area contributed by atoms with Gasteiger partial charge in [-0.3, -0.25) is 0 Å². The second-order valence-electron chi connectivity index (χ2n) is 4.58. The molecule has 2 aromatic rings. The Labute approximate surface area is 120 Å². The Kier molecular flexibility index (Phi) is 5.44. The maximum Gasteiger partial charge on any atom is 0.123 e. The number of rotatable bonds is 7. The second-order valence-corrected chi connectivity index (χ2v) is 4.58. The number of nitrogens with one attached hydrogen (secondary N) is 1. The third-order valence-electron chi connectivity index (χ3n) is 3.17. The topological polar surface area (TPSA) is 30.5 Å². The van der Waals surface area contributed by atoms with Gasteiger partial charge in [0.2, 0.25) is 0 Å². The number of hydrogen-bond donors (Lipinski definition) is 1. The Morgan fingerprint density at radius 2 is 1.70 bits per heavy atom. The van der Waals surface area contributed by atoms with Crippen LogP contribution in [0.4, 0.5) is 0 Å². The first kappa shape index (κ1) is 14.4. The first-order valence-corrected chi connectivity index (χ1v) is 6.85. The van der Waals surface area contributed by atoms with E-state index in [1.807, 2.05) is 48.5 Å². The average Bonchev–Trinajstić information content (AvgIpc) is 2.52. The summed E-state index contributed by atoms with van der Waals surface area (Å²) < 4.78 is 11.0. The minimum atomic E-state index is 0.227. The van der Waals surface area contributed by atoms with E-state index in [1.165, 1.54) is 0 Å². The molecule has 2 aromatic carbocycles. The van der Waals surface area contributed by atoms with Crippen molar-refractivity contribution in [2.24, 2.45) is 0 Å². The van der Waals surface area contributed by atoms with E-state index in [0.29, 0.717) is 6.61 Å². The minimum Gasteiger partial charge on any atom is -0.496 e. The van der Waals surface area contributed by atoms with Crippen LogP contribution >= 0.6 is 0 Å². The lowest BCUT2D eigenvalue weighted by Gasteiger charge is -2.17. The van der Waals surface area contributed by atoms with Gasteiger partial charge in [-0.15, -0.1) is 0 Å². The van der Waals surface area contributed by atoms with Crippen molar-refractivity contribution in [3.8, 4) is 11.5 Å². The fraction of sp³-hybridized carbons (Fsp3) is 0.294. The highest BCUT2D eigenvalue weighted by Crippen LogP contribution is 2.23. The van der Waals surface area contributed by atoms with Crippen molar-refractivity contribution in [3.05, 3.63) is 60.2 Å². The standard InChI is InChI=1S/C17H21NO2/c1-14(16-10-6-7-11-17(16)19-2)18-12-13-20-15-8-4-3-5-9-15/h3-11,14,18H,12-13H2,1-2H3. The molecule has 1 unspecified atom stereocenters. The predicted octanol–water partition coefficient (Wildman–Crippen LogP) is 3.42. The van der Waals surface area contributed by atoms with Gasteiger partial charge < -0.3 is 14.8 Å². The van der Waals surface area contributed by atoms with Crippen molar-refractivity contribution in [1.29, 1.82) is 0 Å². The van der Waals surface area contributed by atoms with E-state index < -0.39 is 0 Å². The number of benzene rings is 2. The predicted molar refractivity (Wildman–Crippen MR) is 81.3 cm³/mol. The van der Waals surface area contributed by atoms with E-state index >= 15 is 0 Å². The summed E-state index contributed by atoms with van der Waals surface area (Å²) >= 11 is 0. The Balaban J connectivity index is 1.79. The SMILES string of the molecule is COc1ccccc1C(C)NCCOc1ccccc1. The summed E-state index contributed by atoms with van der Waals surface area (Å²) in [5, 5.41) is 3.44. The zero-order valence-corrected chi connectivity index (χ0v) is 12.0. The summed E-state index contributed by atoms with van der Waals surface area (Å²) in [5.41, 5.74) is 1.16. The molecule has 3 heteroatoms. The van der Waals surface area contributed by atoms with E-state index in [4.69, 9.17) is 9.47 Å². The quantitative estimate of drug-likeness (QED) is 0.783. The maximum atomic E-state index is 5.66. The van der Waals surface area contributed by atoms with Gasteiger partial charge in [-0.2, -0.15) is 0 Å². The van der Waals surface area contributed by atoms with Gasteiger partial charge in [0, 0.05) is 18.2 Å². The number of para-hydroxylation sites is 2. The van der Waals surface area contributed by atoms with Gasteiger partial charge in [-0.1, -0.05) is 36.4 Å². The summed E-state index contributed by atoms with van der Waals surface area (Å²) in [5.74, 6) is 1.82. The Bertz CT molecular complexity index is 513. The smallest absolute Gasteiger partial charge is 0.123 e. The van der Waals surface area contributed by atoms with Gasteiger partial charge in [0.25, 0.3) is 0 Å². The Hall–Kier alpha value is -2.00. The highest BCUT2D eigenvalue weighted by atomic mass is 16.5. The van der Waals surface area contributed by atoms with Crippen molar-refractivity contribution in [2.75, 3.05) is 20.3 Å². The van der Waals surface area contributed by atoms with Gasteiger partial charge in [0.1, 0.15) is 18.1 Å². The molecule has 0 bridgehead atoms. The van der Waals surface area contributed by atoms with Gasteiger partial charge in [-0.05, 0) is 25.1 Å². The highest BCUT2D eigenvalue weighted by Gasteiger charge is 2.09. The third-order valence-corrected chi connectivity index (χ3v) is 3.17. The van der Waals surface area contributed by atoms with Crippen LogP contribution in [-0.2, 0) is 0 Å². The summed E-state index contributed by atoms with van der Waals surface area (Å²) in [6.45, 7) is 3.55. The summed E-state index contributed by atoms with van der Waals surface area (Å²) in [7, 11) is 1.70. The van der Waals surface area contributed by atoms with Crippen LogP contribution in [-0.4, -0.2) is 20.3 Å². The van der Waals surface area contributed by atoms with E-state index in [9.17, 15) is 0 Å².